The first kappa shape index (κ1) is 17.3. The maximum Gasteiger partial charge on any atom is 0.251 e. The van der Waals surface area contributed by atoms with Crippen LogP contribution in [0, 0.1) is 13.8 Å². The van der Waals surface area contributed by atoms with Crippen LogP contribution in [0.3, 0.4) is 0 Å². The summed E-state index contributed by atoms with van der Waals surface area (Å²) in [7, 11) is 0. The number of amides is 2. The number of carbonyl (C=O) groups excluding carboxylic acids is 2. The number of aromatic nitrogens is 1. The van der Waals surface area contributed by atoms with Crippen molar-refractivity contribution in [2.24, 2.45) is 5.73 Å². The van der Waals surface area contributed by atoms with E-state index in [1.165, 1.54) is 0 Å². The summed E-state index contributed by atoms with van der Waals surface area (Å²) in [4.78, 5) is 25.7. The third-order valence-electron chi connectivity index (χ3n) is 5.07. The first-order chi connectivity index (χ1) is 12.0. The Labute approximate surface area is 148 Å². The summed E-state index contributed by atoms with van der Waals surface area (Å²) in [5.74, 6) is -0.142. The monoisotopic (exact) mass is 339 g/mol. The van der Waals surface area contributed by atoms with E-state index in [1.807, 2.05) is 49.1 Å². The predicted octanol–water partition coefficient (Wildman–Crippen LogP) is 2.88. The lowest BCUT2D eigenvalue weighted by atomic mass is 10.0. The van der Waals surface area contributed by atoms with E-state index in [4.69, 9.17) is 5.73 Å². The molecular weight excluding hydrogens is 314 g/mol. The minimum atomic E-state index is -0.395. The summed E-state index contributed by atoms with van der Waals surface area (Å²) >= 11 is 0. The van der Waals surface area contributed by atoms with Gasteiger partial charge in [0.25, 0.3) is 5.91 Å². The summed E-state index contributed by atoms with van der Waals surface area (Å²) in [5, 5.41) is 0. The molecule has 0 bridgehead atoms. The van der Waals surface area contributed by atoms with Crippen LogP contribution >= 0.6 is 0 Å². The maximum atomic E-state index is 12.1. The normalized spacial score (nSPS) is 14.3. The van der Waals surface area contributed by atoms with Gasteiger partial charge in [0.1, 0.15) is 0 Å². The highest BCUT2D eigenvalue weighted by Crippen LogP contribution is 2.32. The lowest BCUT2D eigenvalue weighted by Gasteiger charge is -2.16. The molecule has 0 atom stereocenters. The van der Waals surface area contributed by atoms with Gasteiger partial charge in [-0.2, -0.15) is 0 Å². The Morgan fingerprint density at radius 1 is 1.12 bits per heavy atom. The van der Waals surface area contributed by atoms with Crippen LogP contribution < -0.4 is 5.73 Å². The minimum absolute atomic E-state index is 0.253. The molecule has 1 fully saturated rings. The number of benzene rings is 1. The summed E-state index contributed by atoms with van der Waals surface area (Å²) < 4.78 is 2.16. The predicted molar refractivity (Wildman–Crippen MR) is 98.3 cm³/mol. The molecule has 132 valence electrons. The zero-order valence-corrected chi connectivity index (χ0v) is 14.9. The van der Waals surface area contributed by atoms with Gasteiger partial charge >= 0.3 is 0 Å². The number of likely N-dealkylation sites (tertiary alicyclic amines) is 1. The number of nitrogens with two attached hydrogens (primary N) is 1. The zero-order chi connectivity index (χ0) is 18.0. The van der Waals surface area contributed by atoms with Gasteiger partial charge in [-0.3, -0.25) is 9.59 Å². The van der Waals surface area contributed by atoms with E-state index >= 15 is 0 Å². The molecule has 2 amide bonds. The van der Waals surface area contributed by atoms with Crippen LogP contribution in [0.15, 0.2) is 30.3 Å². The molecule has 2 heterocycles. The molecule has 25 heavy (non-hydrogen) atoms. The average Bonchev–Trinajstić information content (AvgIpc) is 3.11. The van der Waals surface area contributed by atoms with Crippen molar-refractivity contribution in [3.05, 3.63) is 47.3 Å². The third kappa shape index (κ3) is 3.31. The van der Waals surface area contributed by atoms with Crippen LogP contribution in [-0.4, -0.2) is 34.4 Å². The number of rotatable bonds is 6. The van der Waals surface area contributed by atoms with E-state index < -0.39 is 5.91 Å². The van der Waals surface area contributed by atoms with Gasteiger partial charge in [-0.25, -0.2) is 0 Å². The second kappa shape index (κ2) is 7.13. The number of nitrogens with zero attached hydrogens (tertiary/aromatic N) is 2. The average molecular weight is 339 g/mol. The molecule has 2 aromatic rings. The van der Waals surface area contributed by atoms with E-state index in [9.17, 15) is 9.59 Å². The molecular formula is C20H25N3O2. The Morgan fingerprint density at radius 3 is 2.44 bits per heavy atom. The first-order valence-electron chi connectivity index (χ1n) is 8.83. The highest BCUT2D eigenvalue weighted by Gasteiger charge is 2.23. The van der Waals surface area contributed by atoms with Gasteiger partial charge < -0.3 is 15.2 Å². The zero-order valence-electron chi connectivity index (χ0n) is 14.9. The highest BCUT2D eigenvalue weighted by molar-refractivity contribution is 6.02. The fourth-order valence-corrected chi connectivity index (χ4v) is 3.84. The molecule has 0 radical (unpaired) electrons. The topological polar surface area (TPSA) is 68.3 Å². The van der Waals surface area contributed by atoms with Gasteiger partial charge in [0, 0.05) is 43.0 Å². The molecule has 1 saturated heterocycles. The van der Waals surface area contributed by atoms with Crippen LogP contribution in [0.4, 0.5) is 0 Å². The Bertz CT molecular complexity index is 793. The quantitative estimate of drug-likeness (QED) is 0.879. The fourth-order valence-electron chi connectivity index (χ4n) is 3.84. The molecule has 0 unspecified atom stereocenters. The van der Waals surface area contributed by atoms with Crippen molar-refractivity contribution < 1.29 is 9.59 Å². The smallest absolute Gasteiger partial charge is 0.251 e. The first-order valence-corrected chi connectivity index (χ1v) is 8.83. The van der Waals surface area contributed by atoms with Gasteiger partial charge in [0.05, 0.1) is 5.56 Å². The molecule has 3 rings (SSSR count). The summed E-state index contributed by atoms with van der Waals surface area (Å²) in [6.07, 6.45) is 2.50. The van der Waals surface area contributed by atoms with Crippen molar-refractivity contribution in [1.82, 2.24) is 9.47 Å². The van der Waals surface area contributed by atoms with Crippen LogP contribution in [0.5, 0.6) is 0 Å². The van der Waals surface area contributed by atoms with Gasteiger partial charge in [-0.05, 0) is 32.3 Å². The van der Waals surface area contributed by atoms with Crippen molar-refractivity contribution in [3.8, 4) is 11.1 Å². The molecule has 1 aliphatic rings. The SMILES string of the molecule is Cc1c(C(N)=O)c(-c2ccccc2)c(C)n1CCCN1CCCC1=O. The number of primary amides is 1. The van der Waals surface area contributed by atoms with Gasteiger partial charge in [-0.1, -0.05) is 30.3 Å². The number of carbonyl (C=O) groups is 2. The van der Waals surface area contributed by atoms with E-state index in [0.29, 0.717) is 12.0 Å². The van der Waals surface area contributed by atoms with Crippen molar-refractivity contribution in [1.29, 1.82) is 0 Å². The molecule has 5 heteroatoms. The summed E-state index contributed by atoms with van der Waals surface area (Å²) in [6, 6.07) is 9.89. The van der Waals surface area contributed by atoms with Crippen molar-refractivity contribution in [2.45, 2.75) is 39.7 Å². The highest BCUT2D eigenvalue weighted by atomic mass is 16.2. The molecule has 1 aromatic heterocycles. The fraction of sp³-hybridized carbons (Fsp3) is 0.400. The minimum Gasteiger partial charge on any atom is -0.366 e. The van der Waals surface area contributed by atoms with Gasteiger partial charge in [-0.15, -0.1) is 0 Å². The van der Waals surface area contributed by atoms with Crippen LogP contribution in [0.25, 0.3) is 11.1 Å². The van der Waals surface area contributed by atoms with Crippen LogP contribution in [0.2, 0.25) is 0 Å². The lowest BCUT2D eigenvalue weighted by Crippen LogP contribution is -2.26. The Balaban J connectivity index is 1.87. The van der Waals surface area contributed by atoms with Gasteiger partial charge in [0.15, 0.2) is 0 Å². The third-order valence-corrected chi connectivity index (χ3v) is 5.07. The summed E-state index contributed by atoms with van der Waals surface area (Å²) in [5.41, 5.74) is 10.1. The second-order valence-corrected chi connectivity index (χ2v) is 6.64. The Kier molecular flexibility index (Phi) is 4.93. The van der Waals surface area contributed by atoms with Crippen molar-refractivity contribution in [3.63, 3.8) is 0 Å². The van der Waals surface area contributed by atoms with Gasteiger partial charge in [0.2, 0.25) is 5.91 Å². The molecule has 1 aromatic carbocycles. The van der Waals surface area contributed by atoms with Crippen molar-refractivity contribution >= 4 is 11.8 Å². The molecule has 0 saturated carbocycles. The Hall–Kier alpha value is -2.56. The van der Waals surface area contributed by atoms with E-state index in [1.54, 1.807) is 0 Å². The number of hydrogen-bond acceptors (Lipinski definition) is 2. The second-order valence-electron chi connectivity index (χ2n) is 6.64. The van der Waals surface area contributed by atoms with E-state index in [2.05, 4.69) is 4.57 Å². The molecule has 0 spiro atoms. The van der Waals surface area contributed by atoms with Crippen LogP contribution in [0.1, 0.15) is 41.0 Å². The number of hydrogen-bond donors (Lipinski definition) is 1. The maximum absolute atomic E-state index is 12.1. The molecule has 5 nitrogen and oxygen atoms in total. The van der Waals surface area contributed by atoms with Crippen LogP contribution in [-0.2, 0) is 11.3 Å². The van der Waals surface area contributed by atoms with E-state index in [-0.39, 0.29) is 5.91 Å². The standard InChI is InChI=1S/C20H25N3O2/c1-14-18(16-8-4-3-5-9-16)19(20(21)25)15(2)23(14)13-7-12-22-11-6-10-17(22)24/h3-5,8-9H,6-7,10-13H2,1-2H3,(H2,21,25). The summed E-state index contributed by atoms with van der Waals surface area (Å²) in [6.45, 7) is 6.38. The molecule has 2 N–H and O–H groups in total. The molecule has 1 aliphatic heterocycles. The van der Waals surface area contributed by atoms with Crippen molar-refractivity contribution in [2.75, 3.05) is 13.1 Å². The molecule has 0 aliphatic carbocycles. The lowest BCUT2D eigenvalue weighted by molar-refractivity contribution is -0.127. The largest absolute Gasteiger partial charge is 0.366 e. The Morgan fingerprint density at radius 2 is 1.84 bits per heavy atom. The van der Waals surface area contributed by atoms with E-state index in [0.717, 1.165) is 55.0 Å².